The smallest absolute Gasteiger partial charge is 0.266 e. The van der Waals surface area contributed by atoms with Crippen molar-refractivity contribution in [3.05, 3.63) is 58.7 Å². The summed E-state index contributed by atoms with van der Waals surface area (Å²) in [4.78, 5) is 14.8. The molecule has 0 saturated carbocycles. The highest BCUT2D eigenvalue weighted by molar-refractivity contribution is 7.75. The van der Waals surface area contributed by atoms with Crippen LogP contribution in [0.3, 0.4) is 0 Å². The summed E-state index contributed by atoms with van der Waals surface area (Å²) >= 11 is 6.06. The summed E-state index contributed by atoms with van der Waals surface area (Å²) < 4.78 is 19.1. The molecule has 0 aliphatic carbocycles. The van der Waals surface area contributed by atoms with Crippen molar-refractivity contribution in [2.45, 2.75) is 0 Å². The predicted molar refractivity (Wildman–Crippen MR) is 96.9 cm³/mol. The van der Waals surface area contributed by atoms with Crippen LogP contribution >= 0.6 is 19.0 Å². The van der Waals surface area contributed by atoms with Gasteiger partial charge in [0, 0.05) is 28.3 Å². The van der Waals surface area contributed by atoms with Gasteiger partial charge in [-0.05, 0) is 36.4 Å². The van der Waals surface area contributed by atoms with Crippen molar-refractivity contribution in [3.63, 3.8) is 0 Å². The van der Waals surface area contributed by atoms with Crippen molar-refractivity contribution in [1.82, 2.24) is 4.98 Å². The zero-order chi connectivity index (χ0) is 18.2. The molecule has 1 atom stereocenters. The summed E-state index contributed by atoms with van der Waals surface area (Å²) in [5.74, 6) is -0.768. The second-order valence-electron chi connectivity index (χ2n) is 5.30. The number of carbonyl (C=O) groups is 1. The first-order chi connectivity index (χ1) is 11.9. The number of amides is 1. The van der Waals surface area contributed by atoms with Gasteiger partial charge < -0.3 is 15.2 Å². The number of nitrogens with one attached hydrogen (secondary N) is 1. The van der Waals surface area contributed by atoms with Crippen molar-refractivity contribution in [2.24, 2.45) is 5.73 Å². The molecule has 6 nitrogen and oxygen atoms in total. The average molecular weight is 374 g/mol. The van der Waals surface area contributed by atoms with E-state index in [4.69, 9.17) is 27.1 Å². The third-order valence-corrected chi connectivity index (χ3v) is 6.61. The lowest BCUT2D eigenvalue weighted by Crippen LogP contribution is -2.25. The van der Waals surface area contributed by atoms with Crippen molar-refractivity contribution in [1.29, 1.82) is 5.26 Å². The van der Waals surface area contributed by atoms with E-state index in [1.54, 1.807) is 36.4 Å². The van der Waals surface area contributed by atoms with E-state index in [9.17, 15) is 9.36 Å². The van der Waals surface area contributed by atoms with Gasteiger partial charge in [0.05, 0.1) is 16.9 Å². The number of halogens is 1. The van der Waals surface area contributed by atoms with E-state index < -0.39 is 13.3 Å². The molecule has 0 bridgehead atoms. The number of hydrogen-bond acceptors (Lipinski definition) is 4. The Morgan fingerprint density at radius 2 is 2.08 bits per heavy atom. The molecule has 0 fully saturated rings. The lowest BCUT2D eigenvalue weighted by molar-refractivity contribution is 0.0997. The Morgan fingerprint density at radius 3 is 2.72 bits per heavy atom. The number of carbonyl (C=O) groups excluding carboxylic acids is 1. The van der Waals surface area contributed by atoms with Gasteiger partial charge in [0.1, 0.15) is 5.69 Å². The minimum absolute atomic E-state index is 0.00943. The lowest BCUT2D eigenvalue weighted by Gasteiger charge is -2.17. The van der Waals surface area contributed by atoms with Crippen LogP contribution in [0.1, 0.15) is 16.1 Å². The van der Waals surface area contributed by atoms with Crippen LogP contribution < -0.4 is 16.3 Å². The van der Waals surface area contributed by atoms with Crippen LogP contribution in [0.4, 0.5) is 0 Å². The molecular formula is C17H13ClN3O3P. The van der Waals surface area contributed by atoms with Gasteiger partial charge in [0.2, 0.25) is 0 Å². The van der Waals surface area contributed by atoms with E-state index >= 15 is 0 Å². The summed E-state index contributed by atoms with van der Waals surface area (Å²) in [5.41, 5.74) is 6.34. The molecule has 1 aromatic heterocycles. The molecule has 1 unspecified atom stereocenters. The van der Waals surface area contributed by atoms with Gasteiger partial charge >= 0.3 is 0 Å². The molecule has 0 radical (unpaired) electrons. The molecule has 0 saturated heterocycles. The molecule has 3 N–H and O–H groups in total. The number of fused-ring (bicyclic) bond motifs is 1. The largest absolute Gasteiger partial charge is 0.364 e. The third-order valence-electron chi connectivity index (χ3n) is 3.85. The highest BCUT2D eigenvalue weighted by atomic mass is 35.5. The first kappa shape index (κ1) is 17.2. The number of nitrogens with two attached hydrogens (primary N) is 1. The first-order valence-corrected chi connectivity index (χ1v) is 9.19. The van der Waals surface area contributed by atoms with E-state index in [2.05, 4.69) is 4.98 Å². The Kier molecular flexibility index (Phi) is 4.40. The van der Waals surface area contributed by atoms with Gasteiger partial charge in [-0.1, -0.05) is 17.7 Å². The number of benzene rings is 2. The van der Waals surface area contributed by atoms with Gasteiger partial charge in [0.25, 0.3) is 13.3 Å². The predicted octanol–water partition coefficient (Wildman–Crippen LogP) is 2.67. The second-order valence-corrected chi connectivity index (χ2v) is 8.17. The fourth-order valence-electron chi connectivity index (χ4n) is 2.72. The zero-order valence-corrected chi connectivity index (χ0v) is 14.8. The SMILES string of the molecule is COP(=O)(c1cccc(C#N)c1)c1c(C(N)=O)[nH]c2ccc(Cl)cc12. The maximum atomic E-state index is 13.8. The standard InChI is InChI=1S/C17H13ClN3O3P/c1-24-25(23,12-4-2-3-10(7-12)9-19)16-13-8-11(18)5-6-14(13)21-15(16)17(20)22/h2-8,21H,1H3,(H2,20,22). The number of aromatic amines is 1. The fourth-order valence-corrected chi connectivity index (χ4v) is 5.10. The fraction of sp³-hybridized carbons (Fsp3) is 0.0588. The van der Waals surface area contributed by atoms with Crippen LogP contribution in [0.2, 0.25) is 5.02 Å². The molecule has 25 heavy (non-hydrogen) atoms. The molecule has 1 heterocycles. The minimum atomic E-state index is -3.70. The maximum absolute atomic E-state index is 13.8. The van der Waals surface area contributed by atoms with Gasteiger partial charge in [-0.15, -0.1) is 0 Å². The molecule has 2 aromatic carbocycles. The van der Waals surface area contributed by atoms with E-state index in [1.165, 1.54) is 13.2 Å². The molecule has 1 amide bonds. The van der Waals surface area contributed by atoms with Crippen LogP contribution in [0.15, 0.2) is 42.5 Å². The lowest BCUT2D eigenvalue weighted by atomic mass is 10.2. The Morgan fingerprint density at radius 1 is 1.32 bits per heavy atom. The number of nitrogens with zero attached hydrogens (tertiary/aromatic N) is 1. The molecule has 3 rings (SSSR count). The van der Waals surface area contributed by atoms with Gasteiger partial charge in [-0.3, -0.25) is 9.36 Å². The Labute approximate surface area is 148 Å². The molecule has 3 aromatic rings. The summed E-state index contributed by atoms with van der Waals surface area (Å²) in [5, 5.41) is 10.4. The van der Waals surface area contributed by atoms with Gasteiger partial charge in [0.15, 0.2) is 0 Å². The molecular weight excluding hydrogens is 361 g/mol. The summed E-state index contributed by atoms with van der Waals surface area (Å²) in [6.07, 6.45) is 0. The number of primary amides is 1. The monoisotopic (exact) mass is 373 g/mol. The molecule has 0 spiro atoms. The topological polar surface area (TPSA) is 109 Å². The second kappa shape index (κ2) is 6.38. The summed E-state index contributed by atoms with van der Waals surface area (Å²) in [6, 6.07) is 13.1. The molecule has 8 heteroatoms. The number of aromatic nitrogens is 1. The van der Waals surface area contributed by atoms with Crippen LogP contribution in [0, 0.1) is 11.3 Å². The van der Waals surface area contributed by atoms with E-state index in [1.807, 2.05) is 6.07 Å². The van der Waals surface area contributed by atoms with Crippen LogP contribution in [-0.4, -0.2) is 18.0 Å². The number of H-pyrrole nitrogens is 1. The quantitative estimate of drug-likeness (QED) is 0.685. The van der Waals surface area contributed by atoms with Crippen molar-refractivity contribution >= 4 is 46.4 Å². The van der Waals surface area contributed by atoms with E-state index in [0.717, 1.165) is 0 Å². The molecule has 0 aliphatic heterocycles. The molecule has 126 valence electrons. The maximum Gasteiger partial charge on any atom is 0.266 e. The summed E-state index contributed by atoms with van der Waals surface area (Å²) in [7, 11) is -2.41. The zero-order valence-electron chi connectivity index (χ0n) is 13.1. The van der Waals surface area contributed by atoms with Crippen LogP contribution in [0.5, 0.6) is 0 Å². The highest BCUT2D eigenvalue weighted by Gasteiger charge is 2.35. The average Bonchev–Trinajstić information content (AvgIpc) is 3.00. The van der Waals surface area contributed by atoms with E-state index in [-0.39, 0.29) is 16.3 Å². The number of hydrogen-bond donors (Lipinski definition) is 2. The van der Waals surface area contributed by atoms with Gasteiger partial charge in [-0.2, -0.15) is 5.26 Å². The van der Waals surface area contributed by atoms with Gasteiger partial charge in [-0.25, -0.2) is 0 Å². The Balaban J connectivity index is 2.40. The minimum Gasteiger partial charge on any atom is -0.364 e. The van der Waals surface area contributed by atoms with Crippen LogP contribution in [-0.2, 0) is 9.09 Å². The van der Waals surface area contributed by atoms with E-state index in [0.29, 0.717) is 21.5 Å². The highest BCUT2D eigenvalue weighted by Crippen LogP contribution is 2.47. The normalized spacial score (nSPS) is 13.3. The number of nitriles is 1. The van der Waals surface area contributed by atoms with Crippen molar-refractivity contribution < 1.29 is 13.9 Å². The van der Waals surface area contributed by atoms with Crippen molar-refractivity contribution in [2.75, 3.05) is 7.11 Å². The van der Waals surface area contributed by atoms with Crippen LogP contribution in [0.25, 0.3) is 10.9 Å². The first-order valence-electron chi connectivity index (χ1n) is 7.19. The Bertz CT molecular complexity index is 1080. The van der Waals surface area contributed by atoms with Crippen molar-refractivity contribution in [3.8, 4) is 6.07 Å². The summed E-state index contributed by atoms with van der Waals surface area (Å²) in [6.45, 7) is 0. The molecule has 0 aliphatic rings. The Hall–Kier alpha value is -2.58. The number of rotatable bonds is 4. The third kappa shape index (κ3) is 2.83.